The quantitative estimate of drug-likeness (QED) is 0.0452. The SMILES string of the molecule is Cc1ccc(OCC23c4ccccc4C(c4ccccc42)c2c(C(=O)C(C)(C)C)ccc(OC(=O)c4c(F)c(F)c(F)c(F)c4F)c23)cc1. The van der Waals surface area contributed by atoms with Gasteiger partial charge in [-0.1, -0.05) is 87.0 Å². The summed E-state index contributed by atoms with van der Waals surface area (Å²) >= 11 is 0. The Morgan fingerprint density at radius 3 is 1.80 bits per heavy atom. The molecule has 9 heteroatoms. The van der Waals surface area contributed by atoms with E-state index >= 15 is 0 Å². The Kier molecular flexibility index (Phi) is 7.50. The van der Waals surface area contributed by atoms with E-state index in [1.165, 1.54) is 12.1 Å². The lowest BCUT2D eigenvalue weighted by atomic mass is 9.52. The van der Waals surface area contributed by atoms with E-state index in [0.29, 0.717) is 22.4 Å². The Balaban J connectivity index is 1.53. The van der Waals surface area contributed by atoms with Crippen LogP contribution in [0.25, 0.3) is 0 Å². The Morgan fingerprint density at radius 2 is 1.24 bits per heavy atom. The van der Waals surface area contributed by atoms with Crippen LogP contribution in [0.3, 0.4) is 0 Å². The highest BCUT2D eigenvalue weighted by atomic mass is 19.2. The molecule has 0 aliphatic heterocycles. The average Bonchev–Trinajstić information content (AvgIpc) is 3.09. The first-order valence-corrected chi connectivity index (χ1v) is 15.6. The summed E-state index contributed by atoms with van der Waals surface area (Å²) in [5.41, 5.74) is 1.68. The van der Waals surface area contributed by atoms with Gasteiger partial charge in [0.05, 0.1) is 5.41 Å². The van der Waals surface area contributed by atoms with Gasteiger partial charge in [-0.25, -0.2) is 26.7 Å². The van der Waals surface area contributed by atoms with Crippen LogP contribution >= 0.6 is 0 Å². The molecule has 0 amide bonds. The van der Waals surface area contributed by atoms with Gasteiger partial charge < -0.3 is 9.47 Å². The summed E-state index contributed by atoms with van der Waals surface area (Å²) in [5.74, 6) is -13.8. The van der Waals surface area contributed by atoms with E-state index in [1.807, 2.05) is 79.7 Å². The van der Waals surface area contributed by atoms with Gasteiger partial charge in [0.25, 0.3) is 0 Å². The van der Waals surface area contributed by atoms with Crippen LogP contribution in [0.5, 0.6) is 11.5 Å². The van der Waals surface area contributed by atoms with E-state index in [-0.39, 0.29) is 18.1 Å². The molecule has 0 aromatic heterocycles. The topological polar surface area (TPSA) is 52.6 Å². The zero-order valence-corrected chi connectivity index (χ0v) is 26.9. The molecule has 8 rings (SSSR count). The molecule has 3 aliphatic carbocycles. The summed E-state index contributed by atoms with van der Waals surface area (Å²) in [4.78, 5) is 27.6. The summed E-state index contributed by atoms with van der Waals surface area (Å²) in [5, 5.41) is 0. The second-order valence-electron chi connectivity index (χ2n) is 13.4. The van der Waals surface area contributed by atoms with Gasteiger partial charge in [0.2, 0.25) is 5.82 Å². The lowest BCUT2D eigenvalue weighted by Gasteiger charge is -2.51. The normalized spacial score (nSPS) is 17.2. The van der Waals surface area contributed by atoms with Crippen molar-refractivity contribution in [3.63, 3.8) is 0 Å². The number of rotatable bonds is 6. The first-order chi connectivity index (χ1) is 23.3. The molecule has 0 radical (unpaired) electrons. The molecule has 5 aromatic rings. The third-order valence-electron chi connectivity index (χ3n) is 9.40. The molecular formula is C40H29F5O4. The maximum Gasteiger partial charge on any atom is 0.349 e. The molecule has 49 heavy (non-hydrogen) atoms. The van der Waals surface area contributed by atoms with E-state index in [9.17, 15) is 31.5 Å². The highest BCUT2D eigenvalue weighted by Crippen LogP contribution is 2.62. The van der Waals surface area contributed by atoms with Crippen molar-refractivity contribution in [2.24, 2.45) is 5.41 Å². The maximum absolute atomic E-state index is 14.9. The maximum atomic E-state index is 14.9. The van der Waals surface area contributed by atoms with Crippen LogP contribution < -0.4 is 9.47 Å². The molecule has 0 unspecified atom stereocenters. The van der Waals surface area contributed by atoms with E-state index in [0.717, 1.165) is 27.8 Å². The molecule has 0 atom stereocenters. The van der Waals surface area contributed by atoms with Crippen LogP contribution in [-0.4, -0.2) is 18.4 Å². The number of ketones is 1. The number of benzene rings is 5. The molecule has 0 heterocycles. The number of carbonyl (C=O) groups is 2. The number of Topliss-reactive ketones (excluding diaryl/α,β-unsaturated/α-hetero) is 1. The minimum atomic E-state index is -2.40. The van der Waals surface area contributed by atoms with Crippen molar-refractivity contribution in [3.8, 4) is 11.5 Å². The molecule has 3 aliphatic rings. The van der Waals surface area contributed by atoms with Crippen LogP contribution in [0.4, 0.5) is 22.0 Å². The Hall–Kier alpha value is -5.31. The monoisotopic (exact) mass is 668 g/mol. The van der Waals surface area contributed by atoms with Crippen LogP contribution in [-0.2, 0) is 5.41 Å². The molecule has 2 bridgehead atoms. The van der Waals surface area contributed by atoms with Crippen LogP contribution in [0.1, 0.15) is 86.3 Å². The van der Waals surface area contributed by atoms with Crippen molar-refractivity contribution < 1.29 is 41.0 Å². The minimum absolute atomic E-state index is 0.0654. The number of halogens is 5. The van der Waals surface area contributed by atoms with Gasteiger partial charge in [-0.3, -0.25) is 4.79 Å². The fourth-order valence-corrected chi connectivity index (χ4v) is 7.18. The van der Waals surface area contributed by atoms with Crippen LogP contribution in [0, 0.1) is 41.4 Å². The lowest BCUT2D eigenvalue weighted by Crippen LogP contribution is -2.47. The van der Waals surface area contributed by atoms with Gasteiger partial charge in [-0.15, -0.1) is 0 Å². The summed E-state index contributed by atoms with van der Waals surface area (Å²) < 4.78 is 84.2. The predicted molar refractivity (Wildman–Crippen MR) is 172 cm³/mol. The van der Waals surface area contributed by atoms with Gasteiger partial charge in [-0.05, 0) is 59.0 Å². The van der Waals surface area contributed by atoms with Crippen molar-refractivity contribution in [1.82, 2.24) is 0 Å². The Morgan fingerprint density at radius 1 is 0.714 bits per heavy atom. The Bertz CT molecular complexity index is 2120. The van der Waals surface area contributed by atoms with Crippen LogP contribution in [0.15, 0.2) is 84.9 Å². The van der Waals surface area contributed by atoms with E-state index in [4.69, 9.17) is 9.47 Å². The summed E-state index contributed by atoms with van der Waals surface area (Å²) in [7, 11) is 0. The van der Waals surface area contributed by atoms with Gasteiger partial charge in [-0.2, -0.15) is 0 Å². The number of carbonyl (C=O) groups excluding carboxylic acids is 2. The van der Waals surface area contributed by atoms with Gasteiger partial charge in [0.15, 0.2) is 29.1 Å². The van der Waals surface area contributed by atoms with Crippen molar-refractivity contribution in [2.45, 2.75) is 39.0 Å². The fourth-order valence-electron chi connectivity index (χ4n) is 7.18. The van der Waals surface area contributed by atoms with Crippen molar-refractivity contribution in [1.29, 1.82) is 0 Å². The summed E-state index contributed by atoms with van der Waals surface area (Å²) in [6.07, 6.45) is 0. The van der Waals surface area contributed by atoms with E-state index in [1.54, 1.807) is 20.8 Å². The van der Waals surface area contributed by atoms with Gasteiger partial charge in [0.1, 0.15) is 23.7 Å². The number of esters is 1. The van der Waals surface area contributed by atoms with Crippen LogP contribution in [0.2, 0.25) is 0 Å². The Labute approximate surface area is 279 Å². The van der Waals surface area contributed by atoms with Gasteiger partial charge in [0, 0.05) is 22.5 Å². The zero-order chi connectivity index (χ0) is 35.0. The van der Waals surface area contributed by atoms with Crippen molar-refractivity contribution in [2.75, 3.05) is 6.61 Å². The molecular weight excluding hydrogens is 639 g/mol. The van der Waals surface area contributed by atoms with Crippen molar-refractivity contribution in [3.05, 3.63) is 164 Å². The number of ether oxygens (including phenoxy) is 2. The highest BCUT2D eigenvalue weighted by molar-refractivity contribution is 6.03. The number of aryl methyl sites for hydroxylation is 1. The average molecular weight is 669 g/mol. The molecule has 0 saturated carbocycles. The molecule has 248 valence electrons. The highest BCUT2D eigenvalue weighted by Gasteiger charge is 2.55. The second kappa shape index (κ2) is 11.4. The largest absolute Gasteiger partial charge is 0.492 e. The molecule has 4 nitrogen and oxygen atoms in total. The van der Waals surface area contributed by atoms with Crippen molar-refractivity contribution >= 4 is 11.8 Å². The first kappa shape index (κ1) is 32.2. The third-order valence-corrected chi connectivity index (χ3v) is 9.40. The second-order valence-corrected chi connectivity index (χ2v) is 13.4. The standard InChI is InChI=1S/C40H29F5O4/c1-20-13-15-21(16-14-20)48-19-40-25-11-7-5-9-22(25)28(23-10-6-8-12-26(23)40)29-24(37(46)39(2,3)4)17-18-27(31(29)40)49-38(47)30-32(41)34(43)36(45)35(44)33(30)42/h5-18,28H,19H2,1-4H3. The molecule has 0 N–H and O–H groups in total. The fraction of sp³-hybridized carbons (Fsp3) is 0.200. The zero-order valence-electron chi connectivity index (χ0n) is 26.9. The molecule has 0 saturated heterocycles. The van der Waals surface area contributed by atoms with Gasteiger partial charge >= 0.3 is 5.97 Å². The van der Waals surface area contributed by atoms with E-state index in [2.05, 4.69) is 0 Å². The summed E-state index contributed by atoms with van der Waals surface area (Å²) in [6, 6.07) is 25.4. The number of hydrogen-bond donors (Lipinski definition) is 0. The number of hydrogen-bond acceptors (Lipinski definition) is 4. The first-order valence-electron chi connectivity index (χ1n) is 15.6. The molecule has 5 aromatic carbocycles. The smallest absolute Gasteiger partial charge is 0.349 e. The lowest BCUT2D eigenvalue weighted by molar-refractivity contribution is 0.0716. The predicted octanol–water partition coefficient (Wildman–Crippen LogP) is 9.36. The third kappa shape index (κ3) is 4.77. The summed E-state index contributed by atoms with van der Waals surface area (Å²) in [6.45, 7) is 7.20. The minimum Gasteiger partial charge on any atom is -0.492 e. The van der Waals surface area contributed by atoms with E-state index < -0.39 is 57.4 Å². The molecule has 0 fully saturated rings. The molecule has 0 spiro atoms.